The van der Waals surface area contributed by atoms with Crippen LogP contribution in [0, 0.1) is 41.5 Å². The number of carbonyl (C=O) groups is 6. The molecular weight excluding hydrogens is 1110 g/mol. The second-order valence-electron chi connectivity index (χ2n) is 20.3. The van der Waals surface area contributed by atoms with Crippen molar-refractivity contribution in [2.45, 2.75) is 186 Å². The summed E-state index contributed by atoms with van der Waals surface area (Å²) in [5.74, 6) is -2.19. The van der Waals surface area contributed by atoms with E-state index in [1.807, 2.05) is 65.8 Å². The zero-order valence-electron chi connectivity index (χ0n) is 51.5. The standard InChI is InChI=1S/C28H41ClN4O2.C24H33ClN4O2.C4H6O4.C2H3BO2.C2H4O.Na/c1-7-32(8-2)22-10-12-23(13-11-22)33(9-3)26-16-21(29)15-24(20(26)6)27(34)30-17-25-18(4)14-19(5)31-28(25)35;1-5-29(19-8-6-18(26)7-9-19)22-12-17(25)11-20(16(22)4)23(30)27-13-21-14(2)10-15(3)28-24(21)31;1-3(5)7-8-4(2)6;1-2(4)5-3;1-2-3;/h14-16,22-23H,7-13,17H2,1-6H3,(H,30,34)(H,31,35);10-12,18-19H,5-9,13,26H2,1-4H3,(H,27,30)(H,28,31);1-2H3;1H3;2H,1H3;/q;;;-1;;+1. The molecule has 2 aliphatic rings. The summed E-state index contributed by atoms with van der Waals surface area (Å²) in [7, 11) is 4.32. The zero-order chi connectivity index (χ0) is 62.0. The van der Waals surface area contributed by atoms with Crippen molar-refractivity contribution in [2.75, 3.05) is 36.0 Å². The van der Waals surface area contributed by atoms with E-state index in [4.69, 9.17) is 33.7 Å². The number of aryl methyl sites for hydroxylation is 4. The van der Waals surface area contributed by atoms with Gasteiger partial charge in [-0.05, 0) is 185 Å². The number of hydrogen-bond donors (Lipinski definition) is 5. The van der Waals surface area contributed by atoms with Crippen molar-refractivity contribution >= 4 is 78.6 Å². The molecule has 0 aliphatic heterocycles. The second kappa shape index (κ2) is 38.5. The number of benzene rings is 2. The predicted molar refractivity (Wildman–Crippen MR) is 326 cm³/mol. The van der Waals surface area contributed by atoms with Gasteiger partial charge in [0.1, 0.15) is 6.29 Å². The summed E-state index contributed by atoms with van der Waals surface area (Å²) in [6.07, 6.45) is 9.52. The number of carbonyl (C=O) groups excluding carboxylic acids is 6. The Morgan fingerprint density at radius 1 is 0.602 bits per heavy atom. The topological polar surface area (TPSA) is 256 Å². The van der Waals surface area contributed by atoms with Crippen LogP contribution in [-0.4, -0.2) is 109 Å². The Morgan fingerprint density at radius 3 is 1.22 bits per heavy atom. The average Bonchev–Trinajstić information content (AvgIpc) is 3.44. The predicted octanol–water partition coefficient (Wildman–Crippen LogP) is 6.21. The van der Waals surface area contributed by atoms with E-state index in [-0.39, 0.29) is 71.6 Å². The first kappa shape index (κ1) is 75.5. The Labute approximate surface area is 523 Å². The van der Waals surface area contributed by atoms with Crippen LogP contribution in [0.3, 0.4) is 0 Å². The molecule has 4 aromatic rings. The largest absolute Gasteiger partial charge is 1.00 e. The zero-order valence-corrected chi connectivity index (χ0v) is 55.0. The van der Waals surface area contributed by atoms with E-state index in [0.717, 1.165) is 130 Å². The summed E-state index contributed by atoms with van der Waals surface area (Å²) in [5.41, 5.74) is 15.2. The monoisotopic (exact) mass is 1200 g/mol. The summed E-state index contributed by atoms with van der Waals surface area (Å²) >= 11 is 13.0. The van der Waals surface area contributed by atoms with Crippen molar-refractivity contribution in [1.82, 2.24) is 25.5 Å². The Hall–Kier alpha value is -5.48. The van der Waals surface area contributed by atoms with Gasteiger partial charge in [0.05, 0.1) is 0 Å². The fourth-order valence-electron chi connectivity index (χ4n) is 10.4. The Morgan fingerprint density at radius 2 is 0.928 bits per heavy atom. The number of pyridine rings is 2. The number of aromatic amines is 2. The molecule has 19 nitrogen and oxygen atoms in total. The first-order valence-corrected chi connectivity index (χ1v) is 28.7. The van der Waals surface area contributed by atoms with Crippen molar-refractivity contribution in [3.05, 3.63) is 123 Å². The number of amides is 2. The first-order valence-electron chi connectivity index (χ1n) is 27.9. The van der Waals surface area contributed by atoms with Gasteiger partial charge < -0.3 is 58.5 Å². The normalized spacial score (nSPS) is 15.9. The average molecular weight is 1200 g/mol. The van der Waals surface area contributed by atoms with E-state index in [1.165, 1.54) is 26.7 Å². The van der Waals surface area contributed by atoms with Crippen LogP contribution in [0.15, 0.2) is 46.0 Å². The van der Waals surface area contributed by atoms with Gasteiger partial charge in [0.2, 0.25) is 5.97 Å². The maximum Gasteiger partial charge on any atom is 1.00 e. The fraction of sp³-hybridized carbons (Fsp3) is 0.533. The number of nitrogens with two attached hydrogens (primary N) is 1. The quantitative estimate of drug-likeness (QED) is 0.0384. The molecule has 2 saturated carbocycles. The van der Waals surface area contributed by atoms with Crippen LogP contribution in [0.5, 0.6) is 0 Å². The maximum absolute atomic E-state index is 13.2. The SMILES string of the molecule is CC(=O)OOC(C)=O.CC=O.CCN(CC)C1CCC(N(CC)c2cc(Cl)cc(C(=O)NCc3c(C)cc(C)[nH]c3=O)c2C)CC1.CCN(c1cc(Cl)cc(C(=O)NCc2c(C)cc(C)[nH]c2=O)c1C)C1CCC(N)CC1.[B-]OC(C)=O.[Na+]. The number of aldehydes is 1. The van der Waals surface area contributed by atoms with Crippen LogP contribution in [0.4, 0.5) is 11.4 Å². The molecule has 3 radical (unpaired) electrons. The van der Waals surface area contributed by atoms with Crippen LogP contribution in [0.1, 0.15) is 172 Å². The molecule has 2 heterocycles. The molecule has 0 atom stereocenters. The Balaban J connectivity index is 0.000000654. The van der Waals surface area contributed by atoms with Crippen LogP contribution < -0.4 is 66.8 Å². The van der Waals surface area contributed by atoms with E-state index in [1.54, 1.807) is 12.1 Å². The van der Waals surface area contributed by atoms with Gasteiger partial charge in [0.25, 0.3) is 22.9 Å². The molecule has 2 aromatic carbocycles. The molecule has 23 heteroatoms. The molecule has 2 amide bonds. The fourth-order valence-corrected chi connectivity index (χ4v) is 10.8. The Kier molecular flexibility index (Phi) is 35.0. The number of aromatic nitrogens is 2. The molecule has 2 aliphatic carbocycles. The smallest absolute Gasteiger partial charge is 0.793 e. The van der Waals surface area contributed by atoms with E-state index in [0.29, 0.717) is 50.4 Å². The molecule has 2 fully saturated rings. The molecule has 451 valence electrons. The molecule has 0 spiro atoms. The van der Waals surface area contributed by atoms with E-state index < -0.39 is 17.9 Å². The number of halogens is 2. The molecule has 83 heavy (non-hydrogen) atoms. The summed E-state index contributed by atoms with van der Waals surface area (Å²) in [6, 6.07) is 13.0. The maximum atomic E-state index is 13.2. The first-order chi connectivity index (χ1) is 38.7. The molecule has 0 bridgehead atoms. The van der Waals surface area contributed by atoms with Crippen molar-refractivity contribution < 1.29 is 72.8 Å². The number of rotatable bonds is 15. The van der Waals surface area contributed by atoms with Gasteiger partial charge in [-0.25, -0.2) is 19.4 Å². The van der Waals surface area contributed by atoms with Crippen molar-refractivity contribution in [3.8, 4) is 0 Å². The Bertz CT molecular complexity index is 2870. The van der Waals surface area contributed by atoms with Crippen LogP contribution >= 0.6 is 23.2 Å². The minimum absolute atomic E-state index is 0. The molecule has 6 N–H and O–H groups in total. The van der Waals surface area contributed by atoms with Gasteiger partial charge >= 0.3 is 41.5 Å². The van der Waals surface area contributed by atoms with Crippen LogP contribution in [0.2, 0.25) is 10.0 Å². The van der Waals surface area contributed by atoms with Gasteiger partial charge in [-0.1, -0.05) is 37.0 Å². The van der Waals surface area contributed by atoms with Crippen molar-refractivity contribution in [2.24, 2.45) is 5.73 Å². The third-order valence-corrected chi connectivity index (χ3v) is 14.8. The van der Waals surface area contributed by atoms with Gasteiger partial charge in [0, 0.05) is 126 Å². The van der Waals surface area contributed by atoms with Gasteiger partial charge in [-0.15, -0.1) is 0 Å². The third-order valence-electron chi connectivity index (χ3n) is 14.4. The molecule has 6 rings (SSSR count). The number of nitrogens with zero attached hydrogens (tertiary/aromatic N) is 3. The van der Waals surface area contributed by atoms with Gasteiger partial charge in [0.15, 0.2) is 0 Å². The third kappa shape index (κ3) is 24.6. The number of hydrogen-bond acceptors (Lipinski definition) is 15. The molecule has 0 unspecified atom stereocenters. The summed E-state index contributed by atoms with van der Waals surface area (Å²) in [6.45, 7) is 29.4. The van der Waals surface area contributed by atoms with Crippen molar-refractivity contribution in [1.29, 1.82) is 0 Å². The number of H-pyrrole nitrogens is 2. The van der Waals surface area contributed by atoms with Gasteiger partial charge in [-0.2, -0.15) is 0 Å². The number of anilines is 2. The van der Waals surface area contributed by atoms with E-state index in [9.17, 15) is 33.6 Å². The molecule has 0 saturated heterocycles. The minimum Gasteiger partial charge on any atom is -0.793 e. The second-order valence-corrected chi connectivity index (χ2v) is 21.1. The van der Waals surface area contributed by atoms with E-state index in [2.05, 4.69) is 85.5 Å². The molecular formula is C60H87BCl2N8NaO11. The van der Waals surface area contributed by atoms with Crippen LogP contribution in [-0.2, 0) is 46.7 Å². The van der Waals surface area contributed by atoms with E-state index >= 15 is 0 Å². The molecule has 2 aromatic heterocycles. The number of nitrogens with one attached hydrogen (secondary N) is 4. The summed E-state index contributed by atoms with van der Waals surface area (Å²) in [5, 5.41) is 6.92. The van der Waals surface area contributed by atoms with Crippen LogP contribution in [0.25, 0.3) is 0 Å². The van der Waals surface area contributed by atoms with Crippen molar-refractivity contribution in [3.63, 3.8) is 0 Å². The summed E-state index contributed by atoms with van der Waals surface area (Å²) in [4.78, 5) is 109. The summed E-state index contributed by atoms with van der Waals surface area (Å²) < 4.78 is 3.61. The van der Waals surface area contributed by atoms with Gasteiger partial charge in [-0.3, -0.25) is 24.0 Å². The minimum atomic E-state index is -0.639.